The van der Waals surface area contributed by atoms with Gasteiger partial charge in [0.15, 0.2) is 0 Å². The number of carbonyl (C=O) groups excluding carboxylic acids is 1. The van der Waals surface area contributed by atoms with E-state index in [1.54, 1.807) is 12.1 Å². The summed E-state index contributed by atoms with van der Waals surface area (Å²) in [5.74, 6) is -0.745. The Hall–Kier alpha value is -2.90. The molecule has 1 heterocycles. The van der Waals surface area contributed by atoms with Crippen LogP contribution in [0.3, 0.4) is 0 Å². The monoisotopic (exact) mass is 421 g/mol. The van der Waals surface area contributed by atoms with E-state index in [1.807, 2.05) is 0 Å². The lowest BCUT2D eigenvalue weighted by Crippen LogP contribution is -2.29. The summed E-state index contributed by atoms with van der Waals surface area (Å²) in [7, 11) is 1.43. The molecule has 0 fully saturated rings. The highest BCUT2D eigenvalue weighted by atomic mass is 35.5. The second-order valence-electron chi connectivity index (χ2n) is 5.73. The van der Waals surface area contributed by atoms with Gasteiger partial charge in [0.25, 0.3) is 5.56 Å². The van der Waals surface area contributed by atoms with Crippen LogP contribution in [-0.4, -0.2) is 22.8 Å². The van der Waals surface area contributed by atoms with Gasteiger partial charge in [-0.3, -0.25) is 9.59 Å². The van der Waals surface area contributed by atoms with E-state index in [4.69, 9.17) is 27.9 Å². The first-order chi connectivity index (χ1) is 13.4. The normalized spacial score (nSPS) is 10.6. The van der Waals surface area contributed by atoms with Gasteiger partial charge in [-0.15, -0.1) is 0 Å². The van der Waals surface area contributed by atoms with Crippen LogP contribution in [0.15, 0.2) is 53.3 Å². The minimum absolute atomic E-state index is 0.174. The van der Waals surface area contributed by atoms with E-state index in [0.717, 1.165) is 4.68 Å². The van der Waals surface area contributed by atoms with Crippen LogP contribution in [0.4, 0.5) is 10.1 Å². The molecule has 2 aromatic carbocycles. The van der Waals surface area contributed by atoms with Crippen molar-refractivity contribution in [1.82, 2.24) is 9.78 Å². The van der Waals surface area contributed by atoms with Crippen molar-refractivity contribution in [3.63, 3.8) is 0 Å². The second kappa shape index (κ2) is 8.41. The maximum absolute atomic E-state index is 14.3. The molecule has 0 bridgehead atoms. The van der Waals surface area contributed by atoms with Crippen LogP contribution in [0.1, 0.15) is 0 Å². The quantitative estimate of drug-likeness (QED) is 0.675. The zero-order valence-electron chi connectivity index (χ0n) is 14.6. The summed E-state index contributed by atoms with van der Waals surface area (Å²) in [5, 5.41) is 7.34. The maximum Gasteiger partial charge on any atom is 0.267 e. The molecular weight excluding hydrogens is 408 g/mol. The van der Waals surface area contributed by atoms with Crippen LogP contribution < -0.4 is 15.6 Å². The van der Waals surface area contributed by atoms with Gasteiger partial charge in [0.05, 0.1) is 23.5 Å². The molecular formula is C19H14Cl2FN3O3. The summed E-state index contributed by atoms with van der Waals surface area (Å²) in [5.41, 5.74) is 0.177. The molecule has 1 aromatic heterocycles. The van der Waals surface area contributed by atoms with Crippen LogP contribution in [0, 0.1) is 5.82 Å². The number of benzene rings is 2. The summed E-state index contributed by atoms with van der Waals surface area (Å²) in [6, 6.07) is 11.5. The molecule has 0 aliphatic carbocycles. The largest absolute Gasteiger partial charge is 0.497 e. The van der Waals surface area contributed by atoms with E-state index in [2.05, 4.69) is 10.4 Å². The first kappa shape index (κ1) is 19.9. The van der Waals surface area contributed by atoms with Crippen LogP contribution in [0.25, 0.3) is 11.3 Å². The zero-order valence-corrected chi connectivity index (χ0v) is 16.1. The summed E-state index contributed by atoms with van der Waals surface area (Å²) in [6.45, 7) is -0.382. The van der Waals surface area contributed by atoms with E-state index < -0.39 is 17.3 Å². The Bertz CT molecular complexity index is 1100. The van der Waals surface area contributed by atoms with E-state index in [9.17, 15) is 14.0 Å². The van der Waals surface area contributed by atoms with Crippen molar-refractivity contribution >= 4 is 34.8 Å². The van der Waals surface area contributed by atoms with Gasteiger partial charge in [0, 0.05) is 22.7 Å². The van der Waals surface area contributed by atoms with E-state index in [1.165, 1.54) is 43.5 Å². The molecule has 28 heavy (non-hydrogen) atoms. The molecule has 6 nitrogen and oxygen atoms in total. The summed E-state index contributed by atoms with van der Waals surface area (Å²) in [6.07, 6.45) is 0. The van der Waals surface area contributed by atoms with Gasteiger partial charge in [-0.2, -0.15) is 5.10 Å². The molecule has 9 heteroatoms. The minimum Gasteiger partial charge on any atom is -0.497 e. The van der Waals surface area contributed by atoms with Gasteiger partial charge in [-0.25, -0.2) is 9.07 Å². The Morgan fingerprint density at radius 1 is 1.18 bits per heavy atom. The predicted molar refractivity (Wildman–Crippen MR) is 106 cm³/mol. The van der Waals surface area contributed by atoms with Gasteiger partial charge in [0.1, 0.15) is 18.1 Å². The third kappa shape index (κ3) is 4.49. The minimum atomic E-state index is -0.563. The lowest BCUT2D eigenvalue weighted by Gasteiger charge is -2.10. The Labute approximate surface area is 169 Å². The molecule has 0 saturated carbocycles. The maximum atomic E-state index is 14.3. The topological polar surface area (TPSA) is 73.2 Å². The fourth-order valence-corrected chi connectivity index (χ4v) is 2.79. The van der Waals surface area contributed by atoms with Crippen LogP contribution in [-0.2, 0) is 11.3 Å². The number of nitrogens with one attached hydrogen (secondary N) is 1. The number of hydrogen-bond acceptors (Lipinski definition) is 4. The van der Waals surface area contributed by atoms with Crippen molar-refractivity contribution in [3.8, 4) is 17.0 Å². The van der Waals surface area contributed by atoms with Gasteiger partial charge in [-0.05, 0) is 36.4 Å². The highest BCUT2D eigenvalue weighted by molar-refractivity contribution is 6.35. The standard InChI is InChI=1S/C19H14Cl2FN3O3/c1-28-12-3-4-13(15(22)9-12)16-6-7-19(27)25(24-16)10-18(26)23-17-8-11(20)2-5-14(17)21/h2-9H,10H2,1H3,(H,23,26). The molecule has 0 saturated heterocycles. The molecule has 0 spiro atoms. The zero-order chi connectivity index (χ0) is 20.3. The third-order valence-electron chi connectivity index (χ3n) is 3.81. The van der Waals surface area contributed by atoms with Gasteiger partial charge < -0.3 is 10.1 Å². The molecule has 1 amide bonds. The molecule has 0 radical (unpaired) electrons. The average Bonchev–Trinajstić information content (AvgIpc) is 2.66. The number of hydrogen-bond donors (Lipinski definition) is 1. The lowest BCUT2D eigenvalue weighted by atomic mass is 10.1. The van der Waals surface area contributed by atoms with Gasteiger partial charge in [0.2, 0.25) is 5.91 Å². The number of carbonyl (C=O) groups is 1. The van der Waals surface area contributed by atoms with Crippen molar-refractivity contribution in [1.29, 1.82) is 0 Å². The average molecular weight is 422 g/mol. The second-order valence-corrected chi connectivity index (χ2v) is 6.58. The molecule has 0 aliphatic heterocycles. The number of ether oxygens (including phenoxy) is 1. The van der Waals surface area contributed by atoms with Gasteiger partial charge in [-0.1, -0.05) is 23.2 Å². The number of aromatic nitrogens is 2. The van der Waals surface area contributed by atoms with E-state index in [0.29, 0.717) is 21.5 Å². The number of rotatable bonds is 5. The molecule has 3 rings (SSSR count). The van der Waals surface area contributed by atoms with Crippen molar-refractivity contribution in [3.05, 3.63) is 74.7 Å². The SMILES string of the molecule is COc1ccc(-c2ccc(=O)n(CC(=O)Nc3cc(Cl)ccc3Cl)n2)c(F)c1. The molecule has 1 N–H and O–H groups in total. The predicted octanol–water partition coefficient (Wildman–Crippen LogP) is 4.00. The van der Waals surface area contributed by atoms with E-state index >= 15 is 0 Å². The molecule has 3 aromatic rings. The van der Waals surface area contributed by atoms with Crippen LogP contribution in [0.2, 0.25) is 10.0 Å². The van der Waals surface area contributed by atoms with Gasteiger partial charge >= 0.3 is 0 Å². The highest BCUT2D eigenvalue weighted by Gasteiger charge is 2.13. The Morgan fingerprint density at radius 3 is 2.68 bits per heavy atom. The fraction of sp³-hybridized carbons (Fsp3) is 0.105. The smallest absolute Gasteiger partial charge is 0.267 e. The summed E-state index contributed by atoms with van der Waals surface area (Å²) < 4.78 is 20.2. The molecule has 144 valence electrons. The fourth-order valence-electron chi connectivity index (χ4n) is 2.46. The number of methoxy groups -OCH3 is 1. The van der Waals surface area contributed by atoms with Crippen LogP contribution >= 0.6 is 23.2 Å². The van der Waals surface area contributed by atoms with Crippen molar-refractivity contribution in [2.45, 2.75) is 6.54 Å². The van der Waals surface area contributed by atoms with Crippen LogP contribution in [0.5, 0.6) is 5.75 Å². The first-order valence-corrected chi connectivity index (χ1v) is 8.80. The molecule has 0 unspecified atom stereocenters. The Kier molecular flexibility index (Phi) is 5.96. The Balaban J connectivity index is 1.85. The van der Waals surface area contributed by atoms with Crippen molar-refractivity contribution in [2.75, 3.05) is 12.4 Å². The number of anilines is 1. The number of amides is 1. The molecule has 0 aliphatic rings. The highest BCUT2D eigenvalue weighted by Crippen LogP contribution is 2.26. The third-order valence-corrected chi connectivity index (χ3v) is 4.38. The Morgan fingerprint density at radius 2 is 1.96 bits per heavy atom. The van der Waals surface area contributed by atoms with Crippen molar-refractivity contribution < 1.29 is 13.9 Å². The van der Waals surface area contributed by atoms with Crippen molar-refractivity contribution in [2.24, 2.45) is 0 Å². The number of nitrogens with zero attached hydrogens (tertiary/aromatic N) is 2. The van der Waals surface area contributed by atoms with E-state index in [-0.39, 0.29) is 17.8 Å². The summed E-state index contributed by atoms with van der Waals surface area (Å²) >= 11 is 11.9. The first-order valence-electron chi connectivity index (χ1n) is 8.04. The number of halogens is 3. The molecule has 0 atom stereocenters. The summed E-state index contributed by atoms with van der Waals surface area (Å²) in [4.78, 5) is 24.3. The lowest BCUT2D eigenvalue weighted by molar-refractivity contribution is -0.117.